The molecule has 0 aromatic heterocycles. The van der Waals surface area contributed by atoms with E-state index in [0.29, 0.717) is 6.54 Å². The Morgan fingerprint density at radius 2 is 2.28 bits per heavy atom. The van der Waals surface area contributed by atoms with Crippen LogP contribution in [0.5, 0.6) is 0 Å². The number of nitrogens with zero attached hydrogens (tertiary/aromatic N) is 1. The molecule has 1 saturated heterocycles. The Hall–Kier alpha value is -1.62. The number of hydrogen-bond acceptors (Lipinski definition) is 3. The number of nitrogen functional groups attached to an aromatic ring is 1. The zero-order valence-corrected chi connectivity index (χ0v) is 10.3. The van der Waals surface area contributed by atoms with Gasteiger partial charge in [0.25, 0.3) is 5.91 Å². The Balaban J connectivity index is 2.16. The first kappa shape index (κ1) is 12.8. The van der Waals surface area contributed by atoms with Gasteiger partial charge in [0.1, 0.15) is 5.82 Å². The van der Waals surface area contributed by atoms with Crippen LogP contribution in [0.25, 0.3) is 0 Å². The molecule has 0 aliphatic carbocycles. The Kier molecular flexibility index (Phi) is 3.52. The average molecular weight is 252 g/mol. The van der Waals surface area contributed by atoms with Gasteiger partial charge < -0.3 is 15.7 Å². The Morgan fingerprint density at radius 3 is 2.89 bits per heavy atom. The highest BCUT2D eigenvalue weighted by Crippen LogP contribution is 2.20. The minimum Gasteiger partial charge on any atom is -0.399 e. The van der Waals surface area contributed by atoms with E-state index in [1.165, 1.54) is 17.0 Å². The van der Waals surface area contributed by atoms with Crippen LogP contribution in [0.4, 0.5) is 10.1 Å². The van der Waals surface area contributed by atoms with Crippen molar-refractivity contribution in [1.82, 2.24) is 4.90 Å². The smallest absolute Gasteiger partial charge is 0.256 e. The molecule has 1 heterocycles. The SMILES string of the molecule is CC1CCN(C(=O)c2ccc(N)cc2F)CC1O. The average Bonchev–Trinajstić information content (AvgIpc) is 2.32. The third-order valence-corrected chi connectivity index (χ3v) is 3.43. The molecule has 1 aliphatic rings. The molecule has 1 amide bonds. The molecule has 3 N–H and O–H groups in total. The summed E-state index contributed by atoms with van der Waals surface area (Å²) in [5.41, 5.74) is 5.74. The molecule has 1 aromatic rings. The van der Waals surface area contributed by atoms with E-state index in [1.54, 1.807) is 0 Å². The number of piperidine rings is 1. The van der Waals surface area contributed by atoms with Crippen LogP contribution in [-0.4, -0.2) is 35.1 Å². The third-order valence-electron chi connectivity index (χ3n) is 3.43. The van der Waals surface area contributed by atoms with E-state index in [4.69, 9.17) is 5.73 Å². The molecule has 1 aromatic carbocycles. The normalized spacial score (nSPS) is 24.1. The van der Waals surface area contributed by atoms with Crippen LogP contribution in [0, 0.1) is 11.7 Å². The van der Waals surface area contributed by atoms with E-state index in [0.717, 1.165) is 12.5 Å². The molecular weight excluding hydrogens is 235 g/mol. The lowest BCUT2D eigenvalue weighted by molar-refractivity contribution is 0.0246. The molecule has 2 unspecified atom stereocenters. The van der Waals surface area contributed by atoms with Crippen molar-refractivity contribution in [1.29, 1.82) is 0 Å². The molecule has 2 rings (SSSR count). The van der Waals surface area contributed by atoms with Crippen LogP contribution >= 0.6 is 0 Å². The Bertz CT molecular complexity index is 464. The number of hydrogen-bond donors (Lipinski definition) is 2. The van der Waals surface area contributed by atoms with Crippen LogP contribution in [0.2, 0.25) is 0 Å². The van der Waals surface area contributed by atoms with Gasteiger partial charge in [0, 0.05) is 18.8 Å². The predicted molar refractivity (Wildman–Crippen MR) is 66.5 cm³/mol. The highest BCUT2D eigenvalue weighted by atomic mass is 19.1. The summed E-state index contributed by atoms with van der Waals surface area (Å²) in [6.45, 7) is 2.74. The van der Waals surface area contributed by atoms with Crippen molar-refractivity contribution < 1.29 is 14.3 Å². The second kappa shape index (κ2) is 4.94. The number of likely N-dealkylation sites (tertiary alicyclic amines) is 1. The summed E-state index contributed by atoms with van der Waals surface area (Å²) in [6, 6.07) is 4.02. The molecule has 98 valence electrons. The number of aliphatic hydroxyl groups excluding tert-OH is 1. The van der Waals surface area contributed by atoms with Gasteiger partial charge in [0.15, 0.2) is 0 Å². The predicted octanol–water partition coefficient (Wildman–Crippen LogP) is 1.25. The maximum Gasteiger partial charge on any atom is 0.256 e. The number of halogens is 1. The maximum atomic E-state index is 13.6. The van der Waals surface area contributed by atoms with Crippen LogP contribution in [0.1, 0.15) is 23.7 Å². The number of aliphatic hydroxyl groups is 1. The highest BCUT2D eigenvalue weighted by molar-refractivity contribution is 5.94. The van der Waals surface area contributed by atoms with E-state index in [-0.39, 0.29) is 23.7 Å². The van der Waals surface area contributed by atoms with Gasteiger partial charge in [-0.15, -0.1) is 0 Å². The third kappa shape index (κ3) is 2.46. The zero-order valence-electron chi connectivity index (χ0n) is 10.3. The number of anilines is 1. The molecule has 0 radical (unpaired) electrons. The van der Waals surface area contributed by atoms with Gasteiger partial charge in [0.2, 0.25) is 0 Å². The zero-order chi connectivity index (χ0) is 13.3. The van der Waals surface area contributed by atoms with Crippen molar-refractivity contribution in [3.8, 4) is 0 Å². The standard InChI is InChI=1S/C13H17FN2O2/c1-8-4-5-16(7-12(8)17)13(18)10-3-2-9(15)6-11(10)14/h2-3,6,8,12,17H,4-5,7,15H2,1H3. The fourth-order valence-electron chi connectivity index (χ4n) is 2.11. The number of amides is 1. The van der Waals surface area contributed by atoms with Crippen molar-refractivity contribution in [2.45, 2.75) is 19.4 Å². The lowest BCUT2D eigenvalue weighted by Crippen LogP contribution is -2.46. The van der Waals surface area contributed by atoms with E-state index in [1.807, 2.05) is 6.92 Å². The maximum absolute atomic E-state index is 13.6. The van der Waals surface area contributed by atoms with Crippen LogP contribution in [-0.2, 0) is 0 Å². The van der Waals surface area contributed by atoms with Crippen LogP contribution in [0.3, 0.4) is 0 Å². The molecule has 0 spiro atoms. The van der Waals surface area contributed by atoms with E-state index < -0.39 is 17.8 Å². The minimum atomic E-state index is -0.617. The van der Waals surface area contributed by atoms with Crippen molar-refractivity contribution in [3.63, 3.8) is 0 Å². The second-order valence-corrected chi connectivity index (χ2v) is 4.82. The lowest BCUT2D eigenvalue weighted by Gasteiger charge is -2.34. The summed E-state index contributed by atoms with van der Waals surface area (Å²) in [7, 11) is 0. The molecule has 0 saturated carbocycles. The number of β-amino-alcohol motifs (C(OH)–C–C–N with tert-alkyl or cyclic N) is 1. The summed E-state index contributed by atoms with van der Waals surface area (Å²) in [5, 5.41) is 9.75. The molecule has 0 bridgehead atoms. The molecule has 4 nitrogen and oxygen atoms in total. The number of carbonyl (C=O) groups is 1. The largest absolute Gasteiger partial charge is 0.399 e. The van der Waals surface area contributed by atoms with Gasteiger partial charge in [-0.3, -0.25) is 4.79 Å². The highest BCUT2D eigenvalue weighted by Gasteiger charge is 2.28. The van der Waals surface area contributed by atoms with E-state index in [9.17, 15) is 14.3 Å². The second-order valence-electron chi connectivity index (χ2n) is 4.82. The first-order valence-corrected chi connectivity index (χ1v) is 6.01. The van der Waals surface area contributed by atoms with Crippen molar-refractivity contribution >= 4 is 11.6 Å². The molecule has 2 atom stereocenters. The lowest BCUT2D eigenvalue weighted by atomic mass is 9.95. The fraction of sp³-hybridized carbons (Fsp3) is 0.462. The molecule has 5 heteroatoms. The van der Waals surface area contributed by atoms with Crippen LogP contribution < -0.4 is 5.73 Å². The summed E-state index contributed by atoms with van der Waals surface area (Å²) in [5.74, 6) is -0.836. The summed E-state index contributed by atoms with van der Waals surface area (Å²) in [4.78, 5) is 13.6. The van der Waals surface area contributed by atoms with Crippen molar-refractivity contribution in [2.24, 2.45) is 5.92 Å². The fourth-order valence-corrected chi connectivity index (χ4v) is 2.11. The van der Waals surface area contributed by atoms with Gasteiger partial charge in [-0.2, -0.15) is 0 Å². The van der Waals surface area contributed by atoms with Crippen LogP contribution in [0.15, 0.2) is 18.2 Å². The van der Waals surface area contributed by atoms with Gasteiger partial charge >= 0.3 is 0 Å². The summed E-state index contributed by atoms with van der Waals surface area (Å²) in [6.07, 6.45) is 0.184. The number of rotatable bonds is 1. The number of benzene rings is 1. The number of nitrogens with two attached hydrogens (primary N) is 1. The van der Waals surface area contributed by atoms with Gasteiger partial charge in [-0.1, -0.05) is 6.92 Å². The minimum absolute atomic E-state index is 0.00551. The Morgan fingerprint density at radius 1 is 1.56 bits per heavy atom. The topological polar surface area (TPSA) is 66.6 Å². The molecule has 1 fully saturated rings. The van der Waals surface area contributed by atoms with Gasteiger partial charge in [-0.25, -0.2) is 4.39 Å². The van der Waals surface area contributed by atoms with Crippen molar-refractivity contribution in [3.05, 3.63) is 29.6 Å². The molecular formula is C13H17FN2O2. The summed E-state index contributed by atoms with van der Waals surface area (Å²) >= 11 is 0. The van der Waals surface area contributed by atoms with Crippen molar-refractivity contribution in [2.75, 3.05) is 18.8 Å². The monoisotopic (exact) mass is 252 g/mol. The van der Waals surface area contributed by atoms with E-state index >= 15 is 0 Å². The molecule has 18 heavy (non-hydrogen) atoms. The Labute approximate surface area is 105 Å². The quantitative estimate of drug-likeness (QED) is 0.739. The first-order valence-electron chi connectivity index (χ1n) is 6.01. The van der Waals surface area contributed by atoms with E-state index in [2.05, 4.69) is 0 Å². The molecule has 1 aliphatic heterocycles. The first-order chi connectivity index (χ1) is 8.49. The summed E-state index contributed by atoms with van der Waals surface area (Å²) < 4.78 is 13.6. The van der Waals surface area contributed by atoms with Gasteiger partial charge in [-0.05, 0) is 30.5 Å². The number of carbonyl (C=O) groups excluding carboxylic acids is 1. The van der Waals surface area contributed by atoms with Gasteiger partial charge in [0.05, 0.1) is 11.7 Å².